The minimum absolute atomic E-state index is 0.0611. The van der Waals surface area contributed by atoms with Crippen LogP contribution in [0.1, 0.15) is 38.5 Å². The Morgan fingerprint density at radius 2 is 2.11 bits per heavy atom. The normalized spacial score (nSPS) is 34.8. The molecule has 2 saturated carbocycles. The zero-order chi connectivity index (χ0) is 13.3. The van der Waals surface area contributed by atoms with Crippen molar-refractivity contribution >= 4 is 21.8 Å². The van der Waals surface area contributed by atoms with Crippen LogP contribution < -0.4 is 0 Å². The zero-order valence-electron chi connectivity index (χ0n) is 10.7. The van der Waals surface area contributed by atoms with Crippen LogP contribution in [0, 0.1) is 11.8 Å². The van der Waals surface area contributed by atoms with Gasteiger partial charge in [0.2, 0.25) is 11.8 Å². The van der Waals surface area contributed by atoms with Crippen molar-refractivity contribution in [3.63, 3.8) is 0 Å². The Morgan fingerprint density at radius 3 is 2.67 bits per heavy atom. The Bertz CT molecular complexity index is 318. The molecule has 0 aromatic heterocycles. The second-order valence-electron chi connectivity index (χ2n) is 5.80. The first kappa shape index (κ1) is 14.2. The van der Waals surface area contributed by atoms with Crippen LogP contribution in [0.3, 0.4) is 0 Å². The van der Waals surface area contributed by atoms with Crippen molar-refractivity contribution in [2.75, 3.05) is 13.6 Å². The van der Waals surface area contributed by atoms with Crippen LogP contribution in [0.4, 0.5) is 8.78 Å². The Kier molecular flexibility index (Phi) is 4.29. The van der Waals surface area contributed by atoms with Gasteiger partial charge in [-0.1, -0.05) is 15.9 Å². The fourth-order valence-corrected chi connectivity index (χ4v) is 4.03. The molecule has 1 amide bonds. The average Bonchev–Trinajstić information content (AvgIpc) is 2.24. The van der Waals surface area contributed by atoms with Gasteiger partial charge in [-0.2, -0.15) is 0 Å². The smallest absolute Gasteiger partial charge is 0.248 e. The van der Waals surface area contributed by atoms with E-state index >= 15 is 0 Å². The summed E-state index contributed by atoms with van der Waals surface area (Å²) in [6.07, 6.45) is 2.92. The van der Waals surface area contributed by atoms with Crippen molar-refractivity contribution in [1.29, 1.82) is 0 Å². The number of hydrogen-bond acceptors (Lipinski definition) is 1. The van der Waals surface area contributed by atoms with Crippen LogP contribution >= 0.6 is 15.9 Å². The Morgan fingerprint density at radius 1 is 1.44 bits per heavy atom. The molecule has 0 N–H and O–H groups in total. The molecule has 0 aromatic rings. The van der Waals surface area contributed by atoms with E-state index in [1.54, 1.807) is 11.9 Å². The van der Waals surface area contributed by atoms with Gasteiger partial charge in [-0.25, -0.2) is 8.78 Å². The molecule has 0 aromatic carbocycles. The zero-order valence-corrected chi connectivity index (χ0v) is 12.3. The summed E-state index contributed by atoms with van der Waals surface area (Å²) >= 11 is 3.52. The van der Waals surface area contributed by atoms with Gasteiger partial charge in [-0.15, -0.1) is 0 Å². The third kappa shape index (κ3) is 3.43. The molecule has 1 atom stereocenters. The summed E-state index contributed by atoms with van der Waals surface area (Å²) in [7, 11) is 1.75. The molecule has 104 valence electrons. The lowest BCUT2D eigenvalue weighted by Gasteiger charge is -2.36. The van der Waals surface area contributed by atoms with Crippen molar-refractivity contribution < 1.29 is 13.6 Å². The van der Waals surface area contributed by atoms with Crippen molar-refractivity contribution in [2.45, 2.75) is 49.3 Å². The third-order valence-corrected chi connectivity index (χ3v) is 4.82. The predicted molar refractivity (Wildman–Crippen MR) is 70.0 cm³/mol. The number of amides is 1. The Labute approximate surface area is 115 Å². The first-order chi connectivity index (χ1) is 8.37. The maximum atomic E-state index is 13.3. The van der Waals surface area contributed by atoms with Crippen molar-refractivity contribution in [3.8, 4) is 0 Å². The van der Waals surface area contributed by atoms with E-state index in [2.05, 4.69) is 15.9 Å². The predicted octanol–water partition coefficient (Wildman–Crippen LogP) is 3.44. The number of halogens is 3. The molecular weight excluding hydrogens is 304 g/mol. The number of rotatable bonds is 3. The highest BCUT2D eigenvalue weighted by Crippen LogP contribution is 2.38. The minimum Gasteiger partial charge on any atom is -0.345 e. The molecule has 2 fully saturated rings. The van der Waals surface area contributed by atoms with E-state index in [1.165, 1.54) is 0 Å². The van der Waals surface area contributed by atoms with E-state index in [9.17, 15) is 13.6 Å². The SMILES string of the molecule is CN(CC1CC(Br)C1)C(=O)C1CCCC(F)(F)C1. The van der Waals surface area contributed by atoms with Crippen molar-refractivity contribution in [3.05, 3.63) is 0 Å². The first-order valence-corrected chi connectivity index (χ1v) is 7.56. The average molecular weight is 324 g/mol. The largest absolute Gasteiger partial charge is 0.345 e. The summed E-state index contributed by atoms with van der Waals surface area (Å²) in [5.41, 5.74) is 0. The van der Waals surface area contributed by atoms with Gasteiger partial charge in [0.25, 0.3) is 0 Å². The molecule has 2 nitrogen and oxygen atoms in total. The minimum atomic E-state index is -2.64. The lowest BCUT2D eigenvalue weighted by atomic mass is 9.83. The molecule has 0 heterocycles. The summed E-state index contributed by atoms with van der Waals surface area (Å²) in [5.74, 6) is -2.67. The van der Waals surface area contributed by atoms with E-state index in [0.717, 1.165) is 12.8 Å². The molecule has 0 radical (unpaired) electrons. The molecule has 0 saturated heterocycles. The number of carbonyl (C=O) groups is 1. The number of nitrogens with zero attached hydrogens (tertiary/aromatic N) is 1. The van der Waals surface area contributed by atoms with Gasteiger partial charge in [0.1, 0.15) is 0 Å². The highest BCUT2D eigenvalue weighted by molar-refractivity contribution is 9.09. The van der Waals surface area contributed by atoms with Crippen LogP contribution in [0.15, 0.2) is 0 Å². The number of hydrogen-bond donors (Lipinski definition) is 0. The van der Waals surface area contributed by atoms with Gasteiger partial charge in [0.05, 0.1) is 0 Å². The lowest BCUT2D eigenvalue weighted by Crippen LogP contribution is -2.42. The fraction of sp³-hybridized carbons (Fsp3) is 0.923. The fourth-order valence-electron chi connectivity index (χ4n) is 2.97. The summed E-state index contributed by atoms with van der Waals surface area (Å²) < 4.78 is 26.6. The summed E-state index contributed by atoms with van der Waals surface area (Å²) in [6, 6.07) is 0. The standard InChI is InChI=1S/C13H20BrF2NO/c1-17(8-9-5-11(14)6-9)12(18)10-3-2-4-13(15,16)7-10/h9-11H,2-8H2,1H3. The summed E-state index contributed by atoms with van der Waals surface area (Å²) in [5, 5.41) is 0. The van der Waals surface area contributed by atoms with Gasteiger partial charge >= 0.3 is 0 Å². The maximum Gasteiger partial charge on any atom is 0.248 e. The molecule has 5 heteroatoms. The van der Waals surface area contributed by atoms with Crippen LogP contribution in [0.5, 0.6) is 0 Å². The third-order valence-electron chi connectivity index (χ3n) is 4.08. The van der Waals surface area contributed by atoms with Crippen molar-refractivity contribution in [2.24, 2.45) is 11.8 Å². The summed E-state index contributed by atoms with van der Waals surface area (Å²) in [4.78, 5) is 14.4. The number of carbonyl (C=O) groups excluding carboxylic acids is 1. The van der Waals surface area contributed by atoms with Gasteiger partial charge < -0.3 is 4.90 Å². The van der Waals surface area contributed by atoms with Gasteiger partial charge in [-0.3, -0.25) is 4.79 Å². The van der Waals surface area contributed by atoms with Crippen LogP contribution in [-0.4, -0.2) is 35.1 Å². The topological polar surface area (TPSA) is 20.3 Å². The molecular formula is C13H20BrF2NO. The van der Waals surface area contributed by atoms with E-state index in [0.29, 0.717) is 30.1 Å². The van der Waals surface area contributed by atoms with Gasteiger partial charge in [0.15, 0.2) is 0 Å². The van der Waals surface area contributed by atoms with Crippen LogP contribution in [0.25, 0.3) is 0 Å². The number of alkyl halides is 3. The van der Waals surface area contributed by atoms with Gasteiger partial charge in [0, 0.05) is 37.2 Å². The maximum absolute atomic E-state index is 13.3. The monoisotopic (exact) mass is 323 g/mol. The highest BCUT2D eigenvalue weighted by atomic mass is 79.9. The molecule has 2 aliphatic rings. The lowest BCUT2D eigenvalue weighted by molar-refractivity contribution is -0.142. The van der Waals surface area contributed by atoms with Crippen LogP contribution in [-0.2, 0) is 4.79 Å². The van der Waals surface area contributed by atoms with E-state index < -0.39 is 11.8 Å². The van der Waals surface area contributed by atoms with E-state index in [1.807, 2.05) is 0 Å². The first-order valence-electron chi connectivity index (χ1n) is 6.64. The second kappa shape index (κ2) is 5.43. The van der Waals surface area contributed by atoms with Gasteiger partial charge in [-0.05, 0) is 31.6 Å². The highest BCUT2D eigenvalue weighted by Gasteiger charge is 2.40. The molecule has 0 bridgehead atoms. The molecule has 2 rings (SSSR count). The molecule has 0 spiro atoms. The molecule has 1 unspecified atom stereocenters. The van der Waals surface area contributed by atoms with Crippen LogP contribution in [0.2, 0.25) is 0 Å². The van der Waals surface area contributed by atoms with E-state index in [4.69, 9.17) is 0 Å². The van der Waals surface area contributed by atoms with Crippen molar-refractivity contribution in [1.82, 2.24) is 4.90 Å². The quantitative estimate of drug-likeness (QED) is 0.728. The Hall–Kier alpha value is -0.190. The molecule has 18 heavy (non-hydrogen) atoms. The Balaban J connectivity index is 1.82. The molecule has 2 aliphatic carbocycles. The molecule has 0 aliphatic heterocycles. The second-order valence-corrected chi connectivity index (χ2v) is 7.10. The summed E-state index contributed by atoms with van der Waals surface area (Å²) in [6.45, 7) is 0.711. The van der Waals surface area contributed by atoms with E-state index in [-0.39, 0.29) is 18.7 Å².